The van der Waals surface area contributed by atoms with Gasteiger partial charge in [0.15, 0.2) is 5.65 Å². The lowest BCUT2D eigenvalue weighted by Crippen LogP contribution is -1.93. The third kappa shape index (κ3) is 1.61. The van der Waals surface area contributed by atoms with E-state index in [1.807, 2.05) is 17.6 Å². The first kappa shape index (κ1) is 10.3. The molecule has 19 heavy (non-hydrogen) atoms. The minimum Gasteiger partial charge on any atom is -0.236 e. The number of hydrogen-bond donors (Lipinski definition) is 0. The van der Waals surface area contributed by atoms with Crippen LogP contribution in [0.1, 0.15) is 0 Å². The summed E-state index contributed by atoms with van der Waals surface area (Å²) in [6.07, 6.45) is 8.47. The lowest BCUT2D eigenvalue weighted by Gasteiger charge is -1.93. The summed E-state index contributed by atoms with van der Waals surface area (Å²) in [6.45, 7) is 0. The second-order valence-corrected chi connectivity index (χ2v) is 4.64. The Balaban J connectivity index is 1.85. The highest BCUT2D eigenvalue weighted by molar-refractivity contribution is 7.12. The Bertz CT molecular complexity index is 830. The van der Waals surface area contributed by atoms with Crippen LogP contribution in [0.2, 0.25) is 0 Å². The van der Waals surface area contributed by atoms with E-state index in [2.05, 4.69) is 25.1 Å². The van der Waals surface area contributed by atoms with Crippen LogP contribution in [0.25, 0.3) is 22.0 Å². The van der Waals surface area contributed by atoms with Gasteiger partial charge in [-0.2, -0.15) is 14.9 Å². The molecule has 0 N–H and O–H groups in total. The van der Waals surface area contributed by atoms with Crippen molar-refractivity contribution in [1.29, 1.82) is 0 Å². The third-order valence-electron chi connectivity index (χ3n) is 2.66. The summed E-state index contributed by atoms with van der Waals surface area (Å²) in [7, 11) is 0. The molecule has 0 unspecified atom stereocenters. The van der Waals surface area contributed by atoms with E-state index in [4.69, 9.17) is 0 Å². The van der Waals surface area contributed by atoms with Gasteiger partial charge in [0.2, 0.25) is 5.13 Å². The molecule has 0 saturated carbocycles. The maximum Gasteiger partial charge on any atom is 0.212 e. The van der Waals surface area contributed by atoms with Crippen LogP contribution in [0.15, 0.2) is 42.7 Å². The molecule has 0 aliphatic rings. The van der Waals surface area contributed by atoms with Gasteiger partial charge in [-0.05, 0) is 6.07 Å². The lowest BCUT2D eigenvalue weighted by atomic mass is 10.3. The summed E-state index contributed by atoms with van der Waals surface area (Å²) in [6, 6.07) is 1.84. The van der Waals surface area contributed by atoms with Crippen molar-refractivity contribution in [2.45, 2.75) is 0 Å². The molecule has 8 heteroatoms. The van der Waals surface area contributed by atoms with Crippen molar-refractivity contribution in [2.24, 2.45) is 0 Å². The van der Waals surface area contributed by atoms with E-state index in [0.717, 1.165) is 22.0 Å². The van der Waals surface area contributed by atoms with E-state index in [1.54, 1.807) is 27.9 Å². The van der Waals surface area contributed by atoms with Crippen molar-refractivity contribution >= 4 is 17.0 Å². The molecule has 4 heterocycles. The minimum absolute atomic E-state index is 0.766. The molecule has 4 aromatic rings. The van der Waals surface area contributed by atoms with Gasteiger partial charge >= 0.3 is 0 Å². The van der Waals surface area contributed by atoms with Gasteiger partial charge < -0.3 is 0 Å². The molecule has 0 amide bonds. The molecule has 0 aromatic carbocycles. The summed E-state index contributed by atoms with van der Waals surface area (Å²) in [5.41, 5.74) is 2.53. The molecule has 0 atom stereocenters. The Labute approximate surface area is 111 Å². The average Bonchev–Trinajstić information content (AvgIpc) is 3.18. The van der Waals surface area contributed by atoms with Gasteiger partial charge in [-0.15, -0.1) is 11.3 Å². The first-order chi connectivity index (χ1) is 9.42. The lowest BCUT2D eigenvalue weighted by molar-refractivity contribution is 0.869. The molecule has 0 aliphatic carbocycles. The Morgan fingerprint density at radius 2 is 2.21 bits per heavy atom. The van der Waals surface area contributed by atoms with Crippen molar-refractivity contribution in [3.63, 3.8) is 0 Å². The number of rotatable bonds is 2. The fraction of sp³-hybridized carbons (Fsp3) is 0. The topological polar surface area (TPSA) is 73.8 Å². The van der Waals surface area contributed by atoms with Crippen LogP contribution in [-0.4, -0.2) is 34.3 Å². The summed E-state index contributed by atoms with van der Waals surface area (Å²) >= 11 is 1.50. The largest absolute Gasteiger partial charge is 0.236 e. The normalized spacial score (nSPS) is 11.2. The molecule has 4 aromatic heterocycles. The molecule has 0 fully saturated rings. The second-order valence-electron chi connectivity index (χ2n) is 3.80. The molecule has 0 bridgehead atoms. The number of thiazole rings is 1. The maximum atomic E-state index is 4.53. The Morgan fingerprint density at radius 3 is 3.11 bits per heavy atom. The van der Waals surface area contributed by atoms with E-state index >= 15 is 0 Å². The predicted octanol–water partition coefficient (Wildman–Crippen LogP) is 1.43. The van der Waals surface area contributed by atoms with Gasteiger partial charge in [-0.1, -0.05) is 0 Å². The number of hydrogen-bond acceptors (Lipinski definition) is 6. The molecule has 0 saturated heterocycles. The third-order valence-corrected chi connectivity index (χ3v) is 3.49. The van der Waals surface area contributed by atoms with Gasteiger partial charge in [0.25, 0.3) is 0 Å². The molecule has 0 aliphatic heterocycles. The fourth-order valence-corrected chi connectivity index (χ4v) is 2.56. The Morgan fingerprint density at radius 1 is 1.21 bits per heavy atom. The molecule has 92 valence electrons. The summed E-state index contributed by atoms with van der Waals surface area (Å²) in [5.74, 6) is 0. The zero-order valence-corrected chi connectivity index (χ0v) is 10.4. The molecule has 0 radical (unpaired) electrons. The first-order valence-electron chi connectivity index (χ1n) is 5.51. The van der Waals surface area contributed by atoms with Crippen molar-refractivity contribution in [3.8, 4) is 16.4 Å². The highest BCUT2D eigenvalue weighted by Crippen LogP contribution is 2.25. The van der Waals surface area contributed by atoms with Gasteiger partial charge in [-0.3, -0.25) is 0 Å². The quantitative estimate of drug-likeness (QED) is 0.550. The van der Waals surface area contributed by atoms with E-state index in [-0.39, 0.29) is 0 Å². The van der Waals surface area contributed by atoms with Gasteiger partial charge in [0.1, 0.15) is 12.7 Å². The molecule has 7 nitrogen and oxygen atoms in total. The second kappa shape index (κ2) is 3.95. The SMILES string of the molecule is c1cnc2c(-c3csc(-n4cncn4)n3)cnn2c1. The summed E-state index contributed by atoms with van der Waals surface area (Å²) in [4.78, 5) is 12.8. The van der Waals surface area contributed by atoms with Crippen molar-refractivity contribution in [1.82, 2.24) is 34.3 Å². The first-order valence-corrected chi connectivity index (χ1v) is 6.39. The average molecular weight is 269 g/mol. The smallest absolute Gasteiger partial charge is 0.212 e. The number of nitrogens with zero attached hydrogens (tertiary/aromatic N) is 7. The highest BCUT2D eigenvalue weighted by atomic mass is 32.1. The summed E-state index contributed by atoms with van der Waals surface area (Å²) in [5, 5.41) is 11.0. The Hall–Kier alpha value is -2.61. The molecule has 4 rings (SSSR count). The fourth-order valence-electron chi connectivity index (χ4n) is 1.81. The van der Waals surface area contributed by atoms with Crippen molar-refractivity contribution in [3.05, 3.63) is 42.7 Å². The highest BCUT2D eigenvalue weighted by Gasteiger charge is 2.12. The van der Waals surface area contributed by atoms with Crippen LogP contribution in [-0.2, 0) is 0 Å². The van der Waals surface area contributed by atoms with Crippen LogP contribution in [0.4, 0.5) is 0 Å². The monoisotopic (exact) mass is 269 g/mol. The van der Waals surface area contributed by atoms with E-state index in [9.17, 15) is 0 Å². The standard InChI is InChI=1S/C11H7N7S/c1-2-13-10-8(4-14-17(10)3-1)9-5-19-11(16-9)18-7-12-6-15-18/h1-7H. The van der Waals surface area contributed by atoms with Crippen LogP contribution in [0.5, 0.6) is 0 Å². The van der Waals surface area contributed by atoms with Gasteiger partial charge in [0.05, 0.1) is 17.5 Å². The zero-order chi connectivity index (χ0) is 12.7. The van der Waals surface area contributed by atoms with E-state index in [0.29, 0.717) is 0 Å². The van der Waals surface area contributed by atoms with E-state index < -0.39 is 0 Å². The van der Waals surface area contributed by atoms with E-state index in [1.165, 1.54) is 17.7 Å². The maximum absolute atomic E-state index is 4.53. The van der Waals surface area contributed by atoms with Crippen LogP contribution >= 0.6 is 11.3 Å². The number of aromatic nitrogens is 7. The van der Waals surface area contributed by atoms with Crippen molar-refractivity contribution in [2.75, 3.05) is 0 Å². The zero-order valence-electron chi connectivity index (χ0n) is 9.58. The summed E-state index contributed by atoms with van der Waals surface area (Å²) < 4.78 is 3.36. The Kier molecular flexibility index (Phi) is 2.15. The van der Waals surface area contributed by atoms with Crippen LogP contribution in [0.3, 0.4) is 0 Å². The van der Waals surface area contributed by atoms with Crippen LogP contribution in [0, 0.1) is 0 Å². The van der Waals surface area contributed by atoms with Crippen LogP contribution < -0.4 is 0 Å². The van der Waals surface area contributed by atoms with Gasteiger partial charge in [0, 0.05) is 17.8 Å². The molecule has 0 spiro atoms. The van der Waals surface area contributed by atoms with Crippen molar-refractivity contribution < 1.29 is 0 Å². The molecular formula is C11H7N7S. The number of fused-ring (bicyclic) bond motifs is 1. The minimum atomic E-state index is 0.766. The predicted molar refractivity (Wildman–Crippen MR) is 69.0 cm³/mol. The molecular weight excluding hydrogens is 262 g/mol. The van der Waals surface area contributed by atoms with Gasteiger partial charge in [-0.25, -0.2) is 19.5 Å².